The summed E-state index contributed by atoms with van der Waals surface area (Å²) < 4.78 is 85.2. The lowest BCUT2D eigenvalue weighted by atomic mass is 9.62. The van der Waals surface area contributed by atoms with Gasteiger partial charge in [-0.3, -0.25) is 4.74 Å². The quantitative estimate of drug-likeness (QED) is 0.324. The molecule has 7 heteroatoms. The summed E-state index contributed by atoms with van der Waals surface area (Å²) in [5.74, 6) is 2.48. The molecule has 4 aliphatic rings. The number of rotatable bonds is 6. The topological polar surface area (TPSA) is 9.23 Å². The first-order chi connectivity index (χ1) is 16.6. The third kappa shape index (κ3) is 7.10. The molecule has 1 nitrogen and oxygen atoms in total. The Kier molecular flexibility index (Phi) is 9.41. The summed E-state index contributed by atoms with van der Waals surface area (Å²) in [6.45, 7) is 2.27. The van der Waals surface area contributed by atoms with Crippen molar-refractivity contribution in [2.75, 3.05) is 0 Å². The lowest BCUT2D eigenvalue weighted by molar-refractivity contribution is -0.358. The van der Waals surface area contributed by atoms with Gasteiger partial charge in [0.25, 0.3) is 0 Å². The van der Waals surface area contributed by atoms with E-state index in [4.69, 9.17) is 0 Å². The third-order valence-electron chi connectivity index (χ3n) is 10.2. The van der Waals surface area contributed by atoms with Crippen LogP contribution in [0.5, 0.6) is 0 Å². The van der Waals surface area contributed by atoms with Crippen LogP contribution in [-0.2, 0) is 4.74 Å². The van der Waals surface area contributed by atoms with Crippen LogP contribution in [0, 0.1) is 41.4 Å². The molecule has 4 aliphatic carbocycles. The van der Waals surface area contributed by atoms with E-state index in [0.717, 1.165) is 24.2 Å². The van der Waals surface area contributed by atoms with Crippen molar-refractivity contribution < 1.29 is 31.1 Å². The Morgan fingerprint density at radius 1 is 0.600 bits per heavy atom. The monoisotopic (exact) mass is 510 g/mol. The van der Waals surface area contributed by atoms with Gasteiger partial charge in [0.15, 0.2) is 0 Å². The molecule has 0 aliphatic heterocycles. The standard InChI is InChI=1S/C28H44F6O/c1-2-3-17-4-6-18(7-5-17)19-8-10-20(11-9-19)21-12-13-23(24(29)14-21)22-15-25(30)27(26(31)16-22)35-28(32,33)34/h17-27H,2-16H2,1H3/t17?,18?,19?,20?,21-,22?,23?,24?,25?,26?,27?/m1/s1. The van der Waals surface area contributed by atoms with E-state index >= 15 is 4.39 Å². The van der Waals surface area contributed by atoms with E-state index in [1.54, 1.807) is 0 Å². The van der Waals surface area contributed by atoms with Crippen molar-refractivity contribution in [1.82, 2.24) is 0 Å². The average molecular weight is 511 g/mol. The van der Waals surface area contributed by atoms with E-state index in [2.05, 4.69) is 11.7 Å². The van der Waals surface area contributed by atoms with E-state index in [1.165, 1.54) is 64.2 Å². The van der Waals surface area contributed by atoms with Crippen molar-refractivity contribution >= 4 is 0 Å². The summed E-state index contributed by atoms with van der Waals surface area (Å²) in [5.41, 5.74) is 0. The SMILES string of the molecule is CCCC1CCC(C2CCC([C@@H]3CCC(C4CC(F)C(OC(F)(F)F)C(F)C4)C(F)C3)CC2)CC1. The third-order valence-corrected chi connectivity index (χ3v) is 10.2. The van der Waals surface area contributed by atoms with Gasteiger partial charge in [-0.25, -0.2) is 13.2 Å². The number of hydrogen-bond donors (Lipinski definition) is 0. The number of alkyl halides is 6. The number of hydrogen-bond acceptors (Lipinski definition) is 1. The summed E-state index contributed by atoms with van der Waals surface area (Å²) in [5, 5.41) is 0. The lowest BCUT2D eigenvalue weighted by Gasteiger charge is -2.45. The van der Waals surface area contributed by atoms with Gasteiger partial charge in [0.2, 0.25) is 0 Å². The number of halogens is 6. The van der Waals surface area contributed by atoms with Gasteiger partial charge in [0, 0.05) is 0 Å². The largest absolute Gasteiger partial charge is 0.522 e. The van der Waals surface area contributed by atoms with Crippen LogP contribution in [-0.4, -0.2) is 31.0 Å². The van der Waals surface area contributed by atoms with Crippen LogP contribution in [0.4, 0.5) is 26.3 Å². The van der Waals surface area contributed by atoms with Crippen molar-refractivity contribution in [3.05, 3.63) is 0 Å². The van der Waals surface area contributed by atoms with Gasteiger partial charge in [-0.2, -0.15) is 0 Å². The van der Waals surface area contributed by atoms with Crippen LogP contribution in [0.15, 0.2) is 0 Å². The highest BCUT2D eigenvalue weighted by atomic mass is 19.4. The minimum absolute atomic E-state index is 0.247. The molecule has 0 amide bonds. The van der Waals surface area contributed by atoms with Crippen LogP contribution >= 0.6 is 0 Å². The van der Waals surface area contributed by atoms with Crippen LogP contribution in [0.2, 0.25) is 0 Å². The zero-order chi connectivity index (χ0) is 25.2. The lowest BCUT2D eigenvalue weighted by Crippen LogP contribution is -2.48. The van der Waals surface area contributed by atoms with Gasteiger partial charge < -0.3 is 0 Å². The predicted octanol–water partition coefficient (Wildman–Crippen LogP) is 9.14. The summed E-state index contributed by atoms with van der Waals surface area (Å²) in [6.07, 6.45) is 1.99. The molecule has 204 valence electrons. The molecule has 35 heavy (non-hydrogen) atoms. The molecular formula is C28H44F6O. The second-order valence-corrected chi connectivity index (χ2v) is 12.3. The Balaban J connectivity index is 1.21. The zero-order valence-corrected chi connectivity index (χ0v) is 21.1. The van der Waals surface area contributed by atoms with Gasteiger partial charge in [0.05, 0.1) is 0 Å². The maximum absolute atomic E-state index is 15.3. The van der Waals surface area contributed by atoms with E-state index in [0.29, 0.717) is 24.7 Å². The molecule has 0 N–H and O–H groups in total. The average Bonchev–Trinajstić information content (AvgIpc) is 2.81. The fraction of sp³-hybridized carbons (Fsp3) is 1.00. The van der Waals surface area contributed by atoms with E-state index < -0.39 is 42.8 Å². The Hall–Kier alpha value is -0.460. The molecule has 0 aromatic rings. The van der Waals surface area contributed by atoms with Gasteiger partial charge in [0.1, 0.15) is 24.6 Å². The minimum atomic E-state index is -5.07. The van der Waals surface area contributed by atoms with Gasteiger partial charge in [-0.1, -0.05) is 32.6 Å². The van der Waals surface area contributed by atoms with Crippen LogP contribution in [0.1, 0.15) is 103 Å². The molecule has 0 spiro atoms. The molecule has 0 radical (unpaired) electrons. The molecule has 4 rings (SSSR count). The van der Waals surface area contributed by atoms with E-state index in [-0.39, 0.29) is 12.8 Å². The first-order valence-electron chi connectivity index (χ1n) is 14.3. The fourth-order valence-electron chi connectivity index (χ4n) is 8.39. The molecule has 0 bridgehead atoms. The Morgan fingerprint density at radius 3 is 1.54 bits per heavy atom. The molecule has 4 unspecified atom stereocenters. The first-order valence-corrected chi connectivity index (χ1v) is 14.3. The maximum Gasteiger partial charge on any atom is 0.522 e. The van der Waals surface area contributed by atoms with Crippen LogP contribution in [0.3, 0.4) is 0 Å². The summed E-state index contributed by atoms with van der Waals surface area (Å²) in [7, 11) is 0. The minimum Gasteiger partial charge on any atom is -0.282 e. The summed E-state index contributed by atoms with van der Waals surface area (Å²) in [6, 6.07) is 0. The van der Waals surface area contributed by atoms with E-state index in [9.17, 15) is 22.0 Å². The smallest absolute Gasteiger partial charge is 0.282 e. The molecule has 0 saturated heterocycles. The Labute approximate surface area is 207 Å². The van der Waals surface area contributed by atoms with E-state index in [1.807, 2.05) is 0 Å². The van der Waals surface area contributed by atoms with Crippen molar-refractivity contribution in [2.24, 2.45) is 41.4 Å². The molecule has 4 fully saturated rings. The summed E-state index contributed by atoms with van der Waals surface area (Å²) >= 11 is 0. The Morgan fingerprint density at radius 2 is 1.06 bits per heavy atom. The van der Waals surface area contributed by atoms with Crippen molar-refractivity contribution in [3.8, 4) is 0 Å². The van der Waals surface area contributed by atoms with Gasteiger partial charge in [-0.15, -0.1) is 13.2 Å². The predicted molar refractivity (Wildman–Crippen MR) is 125 cm³/mol. The molecular weight excluding hydrogens is 466 g/mol. The summed E-state index contributed by atoms with van der Waals surface area (Å²) in [4.78, 5) is 0. The highest BCUT2D eigenvalue weighted by molar-refractivity contribution is 4.95. The highest BCUT2D eigenvalue weighted by Gasteiger charge is 2.49. The molecule has 0 heterocycles. The maximum atomic E-state index is 15.3. The molecule has 0 aromatic carbocycles. The van der Waals surface area contributed by atoms with Gasteiger partial charge in [-0.05, 0) is 112 Å². The normalized spacial score (nSPS) is 45.9. The van der Waals surface area contributed by atoms with Crippen LogP contribution < -0.4 is 0 Å². The van der Waals surface area contributed by atoms with Crippen molar-refractivity contribution in [3.63, 3.8) is 0 Å². The van der Waals surface area contributed by atoms with Crippen molar-refractivity contribution in [1.29, 1.82) is 0 Å². The zero-order valence-electron chi connectivity index (χ0n) is 21.1. The highest BCUT2D eigenvalue weighted by Crippen LogP contribution is 2.49. The fourth-order valence-corrected chi connectivity index (χ4v) is 8.39. The Bertz CT molecular complexity index is 628. The first kappa shape index (κ1) is 27.6. The van der Waals surface area contributed by atoms with Crippen LogP contribution in [0.25, 0.3) is 0 Å². The molecule has 0 aromatic heterocycles. The van der Waals surface area contributed by atoms with Gasteiger partial charge >= 0.3 is 6.36 Å². The second kappa shape index (κ2) is 11.9. The second-order valence-electron chi connectivity index (χ2n) is 12.3. The number of ether oxygens (including phenoxy) is 1. The molecule has 5 atom stereocenters. The van der Waals surface area contributed by atoms with Crippen molar-refractivity contribution in [2.45, 2.75) is 134 Å². The molecule has 4 saturated carbocycles.